The van der Waals surface area contributed by atoms with Crippen LogP contribution in [0, 0.1) is 39.9 Å². The number of rotatable bonds is 10. The average molecular weight is 529 g/mol. The summed E-state index contributed by atoms with van der Waals surface area (Å²) in [6.07, 6.45) is -4.46. The van der Waals surface area contributed by atoms with Crippen LogP contribution in [0.1, 0.15) is 80.6 Å². The lowest BCUT2D eigenvalue weighted by Gasteiger charge is -2.31. The van der Waals surface area contributed by atoms with Crippen LogP contribution in [0.3, 0.4) is 0 Å². The molecule has 0 spiro atoms. The smallest absolute Gasteiger partial charge is 0.351 e. The van der Waals surface area contributed by atoms with Gasteiger partial charge in [0, 0.05) is 17.9 Å². The second kappa shape index (κ2) is 10.6. The molecule has 2 rings (SSSR count). The van der Waals surface area contributed by atoms with Crippen LogP contribution in [0.2, 0.25) is 0 Å². The fourth-order valence-electron chi connectivity index (χ4n) is 4.95. The summed E-state index contributed by atoms with van der Waals surface area (Å²) >= 11 is 0. The summed E-state index contributed by atoms with van der Waals surface area (Å²) in [5.74, 6) is -5.37. The normalized spacial score (nSPS) is 24.7. The number of ketones is 1. The van der Waals surface area contributed by atoms with E-state index >= 15 is 0 Å². The van der Waals surface area contributed by atoms with E-state index in [0.29, 0.717) is 6.42 Å². The monoisotopic (exact) mass is 528 g/mol. The Kier molecular flexibility index (Phi) is 8.78. The molecule has 1 aliphatic heterocycles. The van der Waals surface area contributed by atoms with Crippen molar-refractivity contribution in [3.63, 3.8) is 0 Å². The molecule has 1 heterocycles. The van der Waals surface area contributed by atoms with Crippen LogP contribution in [0.5, 0.6) is 0 Å². The first-order chi connectivity index (χ1) is 16.7. The van der Waals surface area contributed by atoms with Gasteiger partial charge in [0.05, 0.1) is 12.0 Å². The zero-order valence-electron chi connectivity index (χ0n) is 22.6. The van der Waals surface area contributed by atoms with Crippen molar-refractivity contribution in [3.8, 4) is 6.07 Å². The first kappa shape index (κ1) is 30.6. The van der Waals surface area contributed by atoms with Gasteiger partial charge >= 0.3 is 6.18 Å². The van der Waals surface area contributed by atoms with Gasteiger partial charge in [0.25, 0.3) is 0 Å². The molecule has 0 bridgehead atoms. The number of carbonyl (C=O) groups is 4. The lowest BCUT2D eigenvalue weighted by atomic mass is 9.77. The number of nitriles is 1. The van der Waals surface area contributed by atoms with Gasteiger partial charge in [-0.15, -0.1) is 0 Å². The van der Waals surface area contributed by atoms with E-state index in [1.165, 1.54) is 0 Å². The second-order valence-corrected chi connectivity index (χ2v) is 12.9. The number of halogens is 3. The third-order valence-corrected chi connectivity index (χ3v) is 7.52. The molecule has 0 aromatic heterocycles. The number of hydrogen-bond acceptors (Lipinski definition) is 5. The zero-order valence-corrected chi connectivity index (χ0v) is 22.6. The number of carbonyl (C=O) groups excluding carboxylic acids is 4. The van der Waals surface area contributed by atoms with Crippen molar-refractivity contribution in [3.05, 3.63) is 0 Å². The maximum atomic E-state index is 13.2. The highest BCUT2D eigenvalue weighted by Gasteiger charge is 2.49. The van der Waals surface area contributed by atoms with E-state index in [1.807, 2.05) is 33.8 Å². The first-order valence-corrected chi connectivity index (χ1v) is 12.6. The van der Waals surface area contributed by atoms with Crippen LogP contribution < -0.4 is 16.0 Å². The second-order valence-electron chi connectivity index (χ2n) is 12.9. The Morgan fingerprint density at radius 3 is 2.03 bits per heavy atom. The molecule has 3 amide bonds. The maximum absolute atomic E-state index is 13.2. The Labute approximate surface area is 216 Å². The lowest BCUT2D eigenvalue weighted by Crippen LogP contribution is -2.53. The molecule has 3 N–H and O–H groups in total. The molecule has 5 atom stereocenters. The van der Waals surface area contributed by atoms with Crippen molar-refractivity contribution in [1.82, 2.24) is 16.0 Å². The van der Waals surface area contributed by atoms with Gasteiger partial charge in [-0.2, -0.15) is 18.4 Å². The van der Waals surface area contributed by atoms with Gasteiger partial charge < -0.3 is 16.0 Å². The molecule has 1 aliphatic carbocycles. The summed E-state index contributed by atoms with van der Waals surface area (Å²) in [7, 11) is 0. The molecule has 1 unspecified atom stereocenters. The molecule has 208 valence electrons. The Morgan fingerprint density at radius 2 is 1.62 bits per heavy atom. The highest BCUT2D eigenvalue weighted by molar-refractivity contribution is 5.93. The van der Waals surface area contributed by atoms with E-state index < -0.39 is 65.1 Å². The van der Waals surface area contributed by atoms with Crippen LogP contribution in [-0.4, -0.2) is 47.3 Å². The average Bonchev–Trinajstić information content (AvgIpc) is 3.22. The fourth-order valence-corrected chi connectivity index (χ4v) is 4.95. The lowest BCUT2D eigenvalue weighted by molar-refractivity contribution is -0.173. The van der Waals surface area contributed by atoms with Crippen molar-refractivity contribution in [1.29, 1.82) is 5.26 Å². The molecule has 0 aromatic rings. The molecule has 8 nitrogen and oxygen atoms in total. The summed E-state index contributed by atoms with van der Waals surface area (Å²) in [6, 6.07) is -0.0971. The Balaban J connectivity index is 2.18. The predicted molar refractivity (Wildman–Crippen MR) is 130 cm³/mol. The number of hydrogen-bond donors (Lipinski definition) is 3. The first-order valence-electron chi connectivity index (χ1n) is 12.6. The van der Waals surface area contributed by atoms with E-state index in [4.69, 9.17) is 0 Å². The topological polar surface area (TPSA) is 128 Å². The highest BCUT2D eigenvalue weighted by Crippen LogP contribution is 2.54. The number of alkyl halides is 3. The van der Waals surface area contributed by atoms with Crippen LogP contribution >= 0.6 is 0 Å². The Bertz CT molecular complexity index is 962. The molecule has 2 fully saturated rings. The number of amides is 3. The van der Waals surface area contributed by atoms with Gasteiger partial charge in [-0.25, -0.2) is 0 Å². The van der Waals surface area contributed by atoms with Crippen LogP contribution in [-0.2, 0) is 19.2 Å². The summed E-state index contributed by atoms with van der Waals surface area (Å²) in [5.41, 5.74) is -1.46. The van der Waals surface area contributed by atoms with Gasteiger partial charge in [-0.05, 0) is 56.3 Å². The van der Waals surface area contributed by atoms with Crippen LogP contribution in [0.4, 0.5) is 13.2 Å². The van der Waals surface area contributed by atoms with E-state index in [-0.39, 0.29) is 30.1 Å². The number of nitrogens with zero attached hydrogens (tertiary/aromatic N) is 1. The molecule has 1 saturated heterocycles. The molecule has 2 aliphatic rings. The summed E-state index contributed by atoms with van der Waals surface area (Å²) < 4.78 is 38.8. The predicted octanol–water partition coefficient (Wildman–Crippen LogP) is 3.40. The van der Waals surface area contributed by atoms with Gasteiger partial charge in [0.1, 0.15) is 12.1 Å². The van der Waals surface area contributed by atoms with Crippen LogP contribution in [0.25, 0.3) is 0 Å². The molecular formula is C26H39F3N4O4. The largest absolute Gasteiger partial charge is 0.449 e. The Morgan fingerprint density at radius 1 is 1.05 bits per heavy atom. The van der Waals surface area contributed by atoms with Crippen molar-refractivity contribution in [2.24, 2.45) is 28.6 Å². The molecule has 0 radical (unpaired) electrons. The van der Waals surface area contributed by atoms with Gasteiger partial charge in [-0.3, -0.25) is 19.2 Å². The minimum absolute atomic E-state index is 0.0545. The molecule has 37 heavy (non-hydrogen) atoms. The maximum Gasteiger partial charge on any atom is 0.449 e. The third-order valence-electron chi connectivity index (χ3n) is 7.52. The minimum atomic E-state index is -5.07. The van der Waals surface area contributed by atoms with Crippen LogP contribution in [0.15, 0.2) is 0 Å². The number of Topliss-reactive ketones (excluding diaryl/α,β-unsaturated/α-hetero) is 1. The SMILES string of the molecule is CC1(C)C[C@@H](C[C@@H](C#N)NC(=O)[C@H](CC2CC2(C)C)NC(=O)[C@@H](CC(=O)C(F)(F)F)C(C)(C)C)C(=O)N1. The third kappa shape index (κ3) is 8.44. The van der Waals surface area contributed by atoms with Gasteiger partial charge in [0.2, 0.25) is 23.5 Å². The molecule has 1 saturated carbocycles. The fraction of sp³-hybridized carbons (Fsp3) is 0.808. The van der Waals surface area contributed by atoms with E-state index in [9.17, 15) is 37.6 Å². The van der Waals surface area contributed by atoms with E-state index in [0.717, 1.165) is 6.42 Å². The van der Waals surface area contributed by atoms with Crippen molar-refractivity contribution in [2.45, 2.75) is 104 Å². The summed E-state index contributed by atoms with van der Waals surface area (Å²) in [6.45, 7) is 12.4. The van der Waals surface area contributed by atoms with Crippen molar-refractivity contribution >= 4 is 23.5 Å². The number of nitrogens with one attached hydrogen (secondary N) is 3. The highest BCUT2D eigenvalue weighted by atomic mass is 19.4. The minimum Gasteiger partial charge on any atom is -0.351 e. The summed E-state index contributed by atoms with van der Waals surface area (Å²) in [5, 5.41) is 17.7. The Hall–Kier alpha value is -2.64. The molecular weight excluding hydrogens is 489 g/mol. The van der Waals surface area contributed by atoms with E-state index in [1.54, 1.807) is 20.8 Å². The zero-order chi connectivity index (χ0) is 28.6. The molecule has 0 aromatic carbocycles. The van der Waals surface area contributed by atoms with Crippen molar-refractivity contribution < 1.29 is 32.3 Å². The van der Waals surface area contributed by atoms with Gasteiger partial charge in [0.15, 0.2) is 0 Å². The molecule has 11 heteroatoms. The van der Waals surface area contributed by atoms with E-state index in [2.05, 4.69) is 16.0 Å². The quantitative estimate of drug-likeness (QED) is 0.400. The summed E-state index contributed by atoms with van der Waals surface area (Å²) in [4.78, 5) is 50.3. The van der Waals surface area contributed by atoms with Crippen molar-refractivity contribution in [2.75, 3.05) is 0 Å². The van der Waals surface area contributed by atoms with Gasteiger partial charge in [-0.1, -0.05) is 34.6 Å². The standard InChI is InChI=1S/C26H39F3N4O4/c1-23(2,3)17(10-19(34)26(27,28)29)21(36)32-18(9-15-12-24(15,4)5)22(37)31-16(13-30)8-14-11-25(6,7)33-20(14)35/h14-18H,8-12H2,1-7H3,(H,31,37)(H,32,36)(H,33,35)/t14-,15?,16+,17-,18+/m1/s1.